The molecule has 0 amide bonds. The second-order valence-electron chi connectivity index (χ2n) is 3.14. The van der Waals surface area contributed by atoms with E-state index in [1.807, 2.05) is 12.1 Å². The largest absolute Gasteiger partial charge is 0.508 e. The second-order valence-corrected chi connectivity index (χ2v) is 3.14. The van der Waals surface area contributed by atoms with E-state index in [2.05, 4.69) is 6.58 Å². The number of hydrogen-bond acceptors (Lipinski definition) is 2. The van der Waals surface area contributed by atoms with Crippen LogP contribution in [-0.4, -0.2) is 11.7 Å². The molecule has 70 valence electrons. The highest BCUT2D eigenvalue weighted by molar-refractivity contribution is 5.29. The van der Waals surface area contributed by atoms with E-state index in [0.29, 0.717) is 12.3 Å². The van der Waals surface area contributed by atoms with Gasteiger partial charge in [-0.2, -0.15) is 0 Å². The molecule has 0 unspecified atom stereocenters. The molecule has 3 N–H and O–H groups in total. The molecule has 1 aromatic carbocycles. The summed E-state index contributed by atoms with van der Waals surface area (Å²) in [6.45, 7) is 4.54. The van der Waals surface area contributed by atoms with Crippen LogP contribution in [0.15, 0.2) is 36.4 Å². The van der Waals surface area contributed by atoms with Gasteiger partial charge in [0.05, 0.1) is 0 Å². The Balaban J connectivity index is 2.58. The molecule has 0 aliphatic rings. The van der Waals surface area contributed by atoms with Gasteiger partial charge in [0, 0.05) is 0 Å². The van der Waals surface area contributed by atoms with E-state index in [9.17, 15) is 5.11 Å². The Bertz CT molecular complexity index is 294. The summed E-state index contributed by atoms with van der Waals surface area (Å²) >= 11 is 0. The zero-order valence-corrected chi connectivity index (χ0v) is 7.66. The highest BCUT2D eigenvalue weighted by atomic mass is 16.3. The molecule has 2 heteroatoms. The summed E-state index contributed by atoms with van der Waals surface area (Å²) in [5.41, 5.74) is 7.59. The van der Waals surface area contributed by atoms with E-state index >= 15 is 0 Å². The minimum atomic E-state index is 0.304. The van der Waals surface area contributed by atoms with Crippen LogP contribution in [0, 0.1) is 0 Å². The average molecular weight is 177 g/mol. The third kappa shape index (κ3) is 3.30. The number of benzene rings is 1. The summed E-state index contributed by atoms with van der Waals surface area (Å²) < 4.78 is 0. The van der Waals surface area contributed by atoms with Crippen LogP contribution in [0.5, 0.6) is 5.75 Å². The highest BCUT2D eigenvalue weighted by Gasteiger charge is 1.97. The van der Waals surface area contributed by atoms with Crippen molar-refractivity contribution in [1.29, 1.82) is 0 Å². The number of rotatable bonds is 4. The fourth-order valence-electron chi connectivity index (χ4n) is 1.25. The van der Waals surface area contributed by atoms with Gasteiger partial charge >= 0.3 is 0 Å². The molecule has 0 bridgehead atoms. The molecule has 13 heavy (non-hydrogen) atoms. The molecular formula is C11H15NO. The molecule has 1 aromatic rings. The summed E-state index contributed by atoms with van der Waals surface area (Å²) in [5.74, 6) is 0.304. The van der Waals surface area contributed by atoms with Crippen molar-refractivity contribution in [2.24, 2.45) is 5.73 Å². The Kier molecular flexibility index (Phi) is 3.53. The van der Waals surface area contributed by atoms with Gasteiger partial charge in [-0.15, -0.1) is 0 Å². The van der Waals surface area contributed by atoms with E-state index in [4.69, 9.17) is 5.73 Å². The summed E-state index contributed by atoms with van der Waals surface area (Å²) in [7, 11) is 0. The molecule has 1 rings (SSSR count). The van der Waals surface area contributed by atoms with Crippen LogP contribution in [0.25, 0.3) is 0 Å². The van der Waals surface area contributed by atoms with E-state index in [-0.39, 0.29) is 0 Å². The summed E-state index contributed by atoms with van der Waals surface area (Å²) in [6.07, 6.45) is 1.64. The molecule has 0 aliphatic heterocycles. The molecule has 0 saturated carbocycles. The van der Waals surface area contributed by atoms with Crippen LogP contribution in [0.3, 0.4) is 0 Å². The SMILES string of the molecule is C=C(CCN)Cc1cccc(O)c1. The second kappa shape index (κ2) is 4.67. The van der Waals surface area contributed by atoms with E-state index in [0.717, 1.165) is 24.0 Å². The minimum Gasteiger partial charge on any atom is -0.508 e. The van der Waals surface area contributed by atoms with Crippen LogP contribution in [-0.2, 0) is 6.42 Å². The number of hydrogen-bond donors (Lipinski definition) is 2. The lowest BCUT2D eigenvalue weighted by Gasteiger charge is -2.04. The lowest BCUT2D eigenvalue weighted by Crippen LogP contribution is -2.01. The summed E-state index contributed by atoms with van der Waals surface area (Å²) in [4.78, 5) is 0. The van der Waals surface area contributed by atoms with Gasteiger partial charge in [-0.1, -0.05) is 24.3 Å². The maximum atomic E-state index is 9.20. The van der Waals surface area contributed by atoms with Gasteiger partial charge in [0.2, 0.25) is 0 Å². The lowest BCUT2D eigenvalue weighted by atomic mass is 10.0. The number of phenolic OH excluding ortho intramolecular Hbond substituents is 1. The Morgan fingerprint density at radius 1 is 1.46 bits per heavy atom. The zero-order valence-electron chi connectivity index (χ0n) is 7.66. The maximum Gasteiger partial charge on any atom is 0.115 e. The Morgan fingerprint density at radius 2 is 2.23 bits per heavy atom. The van der Waals surface area contributed by atoms with Crippen LogP contribution in [0.1, 0.15) is 12.0 Å². The lowest BCUT2D eigenvalue weighted by molar-refractivity contribution is 0.474. The van der Waals surface area contributed by atoms with Gasteiger partial charge in [-0.3, -0.25) is 0 Å². The van der Waals surface area contributed by atoms with Gasteiger partial charge in [-0.25, -0.2) is 0 Å². The van der Waals surface area contributed by atoms with Crippen molar-refractivity contribution in [2.75, 3.05) is 6.54 Å². The fourth-order valence-corrected chi connectivity index (χ4v) is 1.25. The first-order chi connectivity index (χ1) is 6.22. The quantitative estimate of drug-likeness (QED) is 0.689. The van der Waals surface area contributed by atoms with Crippen molar-refractivity contribution in [3.8, 4) is 5.75 Å². The first-order valence-corrected chi connectivity index (χ1v) is 4.37. The molecule has 0 atom stereocenters. The predicted octanol–water partition coefficient (Wildman–Crippen LogP) is 1.84. The van der Waals surface area contributed by atoms with Crippen molar-refractivity contribution < 1.29 is 5.11 Å². The van der Waals surface area contributed by atoms with E-state index < -0.39 is 0 Å². The number of nitrogens with two attached hydrogens (primary N) is 1. The first kappa shape index (κ1) is 9.81. The fraction of sp³-hybridized carbons (Fsp3) is 0.273. The monoisotopic (exact) mass is 177 g/mol. The smallest absolute Gasteiger partial charge is 0.115 e. The van der Waals surface area contributed by atoms with Crippen LogP contribution in [0.4, 0.5) is 0 Å². The van der Waals surface area contributed by atoms with Crippen molar-refractivity contribution in [2.45, 2.75) is 12.8 Å². The van der Waals surface area contributed by atoms with Crippen molar-refractivity contribution in [3.05, 3.63) is 42.0 Å². The minimum absolute atomic E-state index is 0.304. The molecule has 0 radical (unpaired) electrons. The Labute approximate surface area is 78.7 Å². The first-order valence-electron chi connectivity index (χ1n) is 4.37. The Morgan fingerprint density at radius 3 is 2.85 bits per heavy atom. The highest BCUT2D eigenvalue weighted by Crippen LogP contribution is 2.14. The topological polar surface area (TPSA) is 46.2 Å². The third-order valence-corrected chi connectivity index (χ3v) is 1.86. The summed E-state index contributed by atoms with van der Waals surface area (Å²) in [6, 6.07) is 7.22. The molecule has 2 nitrogen and oxygen atoms in total. The maximum absolute atomic E-state index is 9.20. The van der Waals surface area contributed by atoms with Crippen LogP contribution >= 0.6 is 0 Å². The Hall–Kier alpha value is -1.28. The van der Waals surface area contributed by atoms with Gasteiger partial charge < -0.3 is 10.8 Å². The normalized spacial score (nSPS) is 9.92. The molecule has 0 aromatic heterocycles. The van der Waals surface area contributed by atoms with Crippen LogP contribution < -0.4 is 5.73 Å². The van der Waals surface area contributed by atoms with Gasteiger partial charge in [0.1, 0.15) is 5.75 Å². The molecule has 0 fully saturated rings. The number of phenols is 1. The van der Waals surface area contributed by atoms with Crippen molar-refractivity contribution >= 4 is 0 Å². The predicted molar refractivity (Wildman–Crippen MR) is 54.6 cm³/mol. The van der Waals surface area contributed by atoms with Gasteiger partial charge in [0.15, 0.2) is 0 Å². The number of aromatic hydroxyl groups is 1. The summed E-state index contributed by atoms with van der Waals surface area (Å²) in [5, 5.41) is 9.20. The zero-order chi connectivity index (χ0) is 9.68. The molecule has 0 aliphatic carbocycles. The average Bonchev–Trinajstić information content (AvgIpc) is 2.04. The molecular weight excluding hydrogens is 162 g/mol. The van der Waals surface area contributed by atoms with Crippen molar-refractivity contribution in [1.82, 2.24) is 0 Å². The third-order valence-electron chi connectivity index (χ3n) is 1.86. The molecule has 0 spiro atoms. The van der Waals surface area contributed by atoms with Gasteiger partial charge in [0.25, 0.3) is 0 Å². The van der Waals surface area contributed by atoms with Crippen molar-refractivity contribution in [3.63, 3.8) is 0 Å². The van der Waals surface area contributed by atoms with Gasteiger partial charge in [-0.05, 0) is 37.1 Å². The van der Waals surface area contributed by atoms with E-state index in [1.54, 1.807) is 12.1 Å². The molecule has 0 heterocycles. The van der Waals surface area contributed by atoms with E-state index in [1.165, 1.54) is 0 Å². The molecule has 0 saturated heterocycles. The van der Waals surface area contributed by atoms with Crippen LogP contribution in [0.2, 0.25) is 0 Å². The standard InChI is InChI=1S/C11H15NO/c1-9(5-6-12)7-10-3-2-4-11(13)8-10/h2-4,8,13H,1,5-7,12H2.